The van der Waals surface area contributed by atoms with E-state index in [9.17, 15) is 23.6 Å². The quantitative estimate of drug-likeness (QED) is 0.136. The van der Waals surface area contributed by atoms with Gasteiger partial charge in [0.05, 0.1) is 42.5 Å². The van der Waals surface area contributed by atoms with Crippen molar-refractivity contribution < 1.29 is 33.0 Å². The molecule has 0 aliphatic carbocycles. The molecular formula is C28H29ClN4O8S. The molecule has 4 aromatic rings. The summed E-state index contributed by atoms with van der Waals surface area (Å²) < 4.78 is 42.1. The molecule has 42 heavy (non-hydrogen) atoms. The Labute approximate surface area is 246 Å². The maximum absolute atomic E-state index is 14.0. The van der Waals surface area contributed by atoms with Gasteiger partial charge in [0, 0.05) is 28.6 Å². The fraction of sp³-hybridized carbons (Fsp3) is 0.321. The Morgan fingerprint density at radius 3 is 2.67 bits per heavy atom. The fourth-order valence-corrected chi connectivity index (χ4v) is 6.82. The predicted octanol–water partition coefficient (Wildman–Crippen LogP) is 4.87. The zero-order valence-corrected chi connectivity index (χ0v) is 24.0. The third-order valence-corrected chi connectivity index (χ3v) is 8.96. The number of ether oxygens (including phenoxy) is 2. The SMILES string of the molecule is O=[N+]([O-])c1ccccc1S(=O)(=O)N(CCOCCO)c1ccc2c(c1)c(-c1cc(O)cc(Cl)c1)nn2C1CCCCO1. The van der Waals surface area contributed by atoms with Crippen LogP contribution in [0.25, 0.3) is 22.2 Å². The highest BCUT2D eigenvalue weighted by molar-refractivity contribution is 7.93. The highest BCUT2D eigenvalue weighted by Crippen LogP contribution is 2.38. The Balaban J connectivity index is 1.68. The van der Waals surface area contributed by atoms with Gasteiger partial charge in [-0.15, -0.1) is 0 Å². The molecule has 222 valence electrons. The van der Waals surface area contributed by atoms with Gasteiger partial charge in [-0.25, -0.2) is 13.1 Å². The molecular weight excluding hydrogens is 588 g/mol. The minimum Gasteiger partial charge on any atom is -0.508 e. The first-order chi connectivity index (χ1) is 20.2. The van der Waals surface area contributed by atoms with Gasteiger partial charge in [0.2, 0.25) is 0 Å². The van der Waals surface area contributed by atoms with Crippen LogP contribution in [0.5, 0.6) is 5.75 Å². The van der Waals surface area contributed by atoms with Crippen LogP contribution in [-0.4, -0.2) is 66.3 Å². The lowest BCUT2D eigenvalue weighted by molar-refractivity contribution is -0.387. The molecule has 1 saturated heterocycles. The van der Waals surface area contributed by atoms with Gasteiger partial charge in [0.25, 0.3) is 15.7 Å². The zero-order valence-electron chi connectivity index (χ0n) is 22.4. The van der Waals surface area contributed by atoms with Crippen LogP contribution in [0.2, 0.25) is 5.02 Å². The summed E-state index contributed by atoms with van der Waals surface area (Å²) in [5, 5.41) is 36.8. The van der Waals surface area contributed by atoms with Gasteiger partial charge in [-0.1, -0.05) is 23.7 Å². The number of benzene rings is 3. The van der Waals surface area contributed by atoms with Crippen molar-refractivity contribution in [2.75, 3.05) is 37.3 Å². The number of hydrogen-bond acceptors (Lipinski definition) is 9. The molecule has 0 radical (unpaired) electrons. The van der Waals surface area contributed by atoms with E-state index in [-0.39, 0.29) is 44.0 Å². The van der Waals surface area contributed by atoms with Crippen molar-refractivity contribution in [3.63, 3.8) is 0 Å². The molecule has 0 bridgehead atoms. The summed E-state index contributed by atoms with van der Waals surface area (Å²) in [6.45, 7) is 0.0545. The lowest BCUT2D eigenvalue weighted by Gasteiger charge is -2.25. The molecule has 2 heterocycles. The van der Waals surface area contributed by atoms with Crippen molar-refractivity contribution >= 4 is 43.9 Å². The second kappa shape index (κ2) is 12.6. The lowest BCUT2D eigenvalue weighted by Crippen LogP contribution is -2.34. The largest absolute Gasteiger partial charge is 0.508 e. The van der Waals surface area contributed by atoms with Crippen LogP contribution in [0.1, 0.15) is 25.5 Å². The van der Waals surface area contributed by atoms with Crippen LogP contribution in [-0.2, 0) is 19.5 Å². The molecule has 1 aliphatic rings. The van der Waals surface area contributed by atoms with Crippen molar-refractivity contribution in [1.82, 2.24) is 9.78 Å². The molecule has 5 rings (SSSR count). The van der Waals surface area contributed by atoms with Gasteiger partial charge in [-0.2, -0.15) is 5.10 Å². The first kappa shape index (κ1) is 29.7. The van der Waals surface area contributed by atoms with E-state index in [0.717, 1.165) is 29.6 Å². The van der Waals surface area contributed by atoms with E-state index >= 15 is 0 Å². The summed E-state index contributed by atoms with van der Waals surface area (Å²) in [6, 6.07) is 14.6. The van der Waals surface area contributed by atoms with Gasteiger partial charge in [-0.05, 0) is 61.7 Å². The molecule has 0 saturated carbocycles. The van der Waals surface area contributed by atoms with Crippen LogP contribution in [0, 0.1) is 10.1 Å². The Morgan fingerprint density at radius 2 is 1.95 bits per heavy atom. The average molecular weight is 617 g/mol. The molecule has 1 aromatic heterocycles. The van der Waals surface area contributed by atoms with Gasteiger partial charge in [-0.3, -0.25) is 14.4 Å². The third-order valence-electron chi connectivity index (χ3n) is 6.87. The monoisotopic (exact) mass is 616 g/mol. The number of nitro groups is 1. The Kier molecular flexibility index (Phi) is 8.94. The molecule has 1 atom stereocenters. The molecule has 1 aliphatic heterocycles. The molecule has 12 nitrogen and oxygen atoms in total. The topological polar surface area (TPSA) is 157 Å². The lowest BCUT2D eigenvalue weighted by atomic mass is 10.1. The zero-order chi connectivity index (χ0) is 29.9. The van der Waals surface area contributed by atoms with Crippen molar-refractivity contribution in [3.05, 3.63) is 75.8 Å². The van der Waals surface area contributed by atoms with E-state index in [1.165, 1.54) is 30.3 Å². The molecule has 3 aromatic carbocycles. The number of aliphatic hydroxyl groups excluding tert-OH is 1. The molecule has 1 unspecified atom stereocenters. The summed E-state index contributed by atoms with van der Waals surface area (Å²) in [5.74, 6) is -0.0631. The summed E-state index contributed by atoms with van der Waals surface area (Å²) in [5.41, 5.74) is 1.27. The standard InChI is InChI=1S/C28H29ClN4O8S/c29-20-15-19(16-22(35)17-20)28-23-18-21(8-9-24(23)32(30-28)27-7-3-4-12-41-27)31(10-13-40-14-11-34)42(38,39)26-6-2-1-5-25(26)33(36)37/h1-2,5-6,8-9,15-18,27,34-35H,3-4,7,10-14H2. The number of aromatic nitrogens is 2. The molecule has 0 spiro atoms. The normalized spacial score (nSPS) is 15.6. The molecule has 2 N–H and O–H groups in total. The molecule has 1 fully saturated rings. The Bertz CT molecular complexity index is 1690. The number of nitrogens with zero attached hydrogens (tertiary/aromatic N) is 4. The van der Waals surface area contributed by atoms with Crippen LogP contribution in [0.15, 0.2) is 65.6 Å². The summed E-state index contributed by atoms with van der Waals surface area (Å²) in [6.07, 6.45) is 2.28. The summed E-state index contributed by atoms with van der Waals surface area (Å²) in [7, 11) is -4.45. The third kappa shape index (κ3) is 6.05. The highest BCUT2D eigenvalue weighted by Gasteiger charge is 2.32. The van der Waals surface area contributed by atoms with Gasteiger partial charge >= 0.3 is 0 Å². The highest BCUT2D eigenvalue weighted by atomic mass is 35.5. The molecule has 14 heteroatoms. The fourth-order valence-electron chi connectivity index (χ4n) is 4.99. The van der Waals surface area contributed by atoms with E-state index in [2.05, 4.69) is 0 Å². The van der Waals surface area contributed by atoms with E-state index < -0.39 is 25.5 Å². The van der Waals surface area contributed by atoms with Crippen LogP contribution >= 0.6 is 11.6 Å². The maximum atomic E-state index is 14.0. The second-order valence-corrected chi connectivity index (χ2v) is 11.9. The van der Waals surface area contributed by atoms with Gasteiger partial charge in [0.15, 0.2) is 11.1 Å². The van der Waals surface area contributed by atoms with Crippen molar-refractivity contribution in [3.8, 4) is 17.0 Å². The number of hydrogen-bond donors (Lipinski definition) is 2. The van der Waals surface area contributed by atoms with E-state index in [1.807, 2.05) is 0 Å². The van der Waals surface area contributed by atoms with Gasteiger partial charge in [0.1, 0.15) is 11.4 Å². The number of fused-ring (bicyclic) bond motifs is 1. The molecule has 0 amide bonds. The van der Waals surface area contributed by atoms with Crippen molar-refractivity contribution in [2.45, 2.75) is 30.4 Å². The van der Waals surface area contributed by atoms with Crippen LogP contribution in [0.4, 0.5) is 11.4 Å². The van der Waals surface area contributed by atoms with E-state index in [4.69, 9.17) is 31.3 Å². The summed E-state index contributed by atoms with van der Waals surface area (Å²) in [4.78, 5) is 10.5. The van der Waals surface area contributed by atoms with Crippen molar-refractivity contribution in [1.29, 1.82) is 0 Å². The number of sulfonamides is 1. The van der Waals surface area contributed by atoms with E-state index in [1.54, 1.807) is 28.9 Å². The van der Waals surface area contributed by atoms with Crippen LogP contribution in [0.3, 0.4) is 0 Å². The average Bonchev–Trinajstić information content (AvgIpc) is 3.36. The Morgan fingerprint density at radius 1 is 1.14 bits per heavy atom. The first-order valence-electron chi connectivity index (χ1n) is 13.3. The number of halogens is 1. The minimum absolute atomic E-state index is 0.00499. The number of phenolic OH excluding ortho intramolecular Hbond substituents is 1. The van der Waals surface area contributed by atoms with Gasteiger partial charge < -0.3 is 19.7 Å². The van der Waals surface area contributed by atoms with E-state index in [0.29, 0.717) is 33.8 Å². The number of aliphatic hydroxyl groups is 1. The number of nitro benzene ring substituents is 1. The number of rotatable bonds is 11. The Hall–Kier alpha value is -3.75. The number of anilines is 1. The number of phenols is 1. The smallest absolute Gasteiger partial charge is 0.289 e. The predicted molar refractivity (Wildman–Crippen MR) is 156 cm³/mol. The summed E-state index contributed by atoms with van der Waals surface area (Å²) >= 11 is 6.25. The minimum atomic E-state index is -4.45. The maximum Gasteiger partial charge on any atom is 0.289 e. The number of para-hydroxylation sites is 1. The number of aromatic hydroxyl groups is 1. The van der Waals surface area contributed by atoms with Crippen LogP contribution < -0.4 is 4.31 Å². The first-order valence-corrected chi connectivity index (χ1v) is 15.1. The second-order valence-electron chi connectivity index (χ2n) is 9.65. The van der Waals surface area contributed by atoms with Crippen molar-refractivity contribution in [2.24, 2.45) is 0 Å².